The number of aryl methyl sites for hydroxylation is 1. The van der Waals surface area contributed by atoms with Crippen molar-refractivity contribution in [3.8, 4) is 0 Å². The van der Waals surface area contributed by atoms with Crippen molar-refractivity contribution in [1.29, 1.82) is 0 Å². The lowest BCUT2D eigenvalue weighted by atomic mass is 9.68. The molecular weight excluding hydrogens is 316 g/mol. The van der Waals surface area contributed by atoms with Crippen LogP contribution in [0.4, 0.5) is 0 Å². The van der Waals surface area contributed by atoms with Crippen LogP contribution in [0.2, 0.25) is 0 Å². The van der Waals surface area contributed by atoms with Gasteiger partial charge in [-0.15, -0.1) is 0 Å². The van der Waals surface area contributed by atoms with Crippen molar-refractivity contribution >= 4 is 16.9 Å². The van der Waals surface area contributed by atoms with Crippen LogP contribution < -0.4 is 0 Å². The van der Waals surface area contributed by atoms with E-state index in [1.807, 2.05) is 7.11 Å². The van der Waals surface area contributed by atoms with Crippen LogP contribution in [0, 0.1) is 5.92 Å². The van der Waals surface area contributed by atoms with Gasteiger partial charge in [0.25, 0.3) is 0 Å². The summed E-state index contributed by atoms with van der Waals surface area (Å²) in [5.74, 6) is 0.0895. The molecule has 0 radical (unpaired) electrons. The average Bonchev–Trinajstić information content (AvgIpc) is 2.93. The molecule has 1 fully saturated rings. The Kier molecular flexibility index (Phi) is 3.89. The Morgan fingerprint density at radius 3 is 2.84 bits per heavy atom. The number of hydrogen-bond acceptors (Lipinski definition) is 4. The molecule has 2 heterocycles. The van der Waals surface area contributed by atoms with Gasteiger partial charge in [-0.3, -0.25) is 9.69 Å². The molecule has 1 aromatic heterocycles. The molecule has 5 nitrogen and oxygen atoms in total. The molecular formula is C20H26N2O3. The third kappa shape index (κ3) is 2.33. The molecule has 2 aliphatic rings. The van der Waals surface area contributed by atoms with Crippen molar-refractivity contribution in [2.45, 2.75) is 30.9 Å². The van der Waals surface area contributed by atoms with Gasteiger partial charge in [0, 0.05) is 50.3 Å². The first-order chi connectivity index (χ1) is 12.0. The second kappa shape index (κ2) is 5.85. The van der Waals surface area contributed by atoms with E-state index in [1.165, 1.54) is 29.1 Å². The minimum absolute atomic E-state index is 0.141. The molecule has 134 valence electrons. The van der Waals surface area contributed by atoms with Crippen molar-refractivity contribution in [3.05, 3.63) is 35.5 Å². The van der Waals surface area contributed by atoms with E-state index < -0.39 is 0 Å². The average molecular weight is 342 g/mol. The molecule has 0 saturated carbocycles. The molecule has 3 atom stereocenters. The molecule has 0 N–H and O–H groups in total. The van der Waals surface area contributed by atoms with Crippen molar-refractivity contribution < 1.29 is 14.3 Å². The number of carbonyl (C=O) groups excluding carboxylic acids is 1. The number of hydrogen-bond donors (Lipinski definition) is 0. The van der Waals surface area contributed by atoms with Crippen LogP contribution in [0.25, 0.3) is 10.9 Å². The Bertz CT molecular complexity index is 828. The monoisotopic (exact) mass is 342 g/mol. The number of methoxy groups -OCH3 is 2. The third-order valence-corrected chi connectivity index (χ3v) is 6.22. The molecule has 1 saturated heterocycles. The fourth-order valence-electron chi connectivity index (χ4n) is 5.17. The van der Waals surface area contributed by atoms with E-state index in [9.17, 15) is 4.79 Å². The number of piperidine rings is 1. The van der Waals surface area contributed by atoms with Crippen molar-refractivity contribution in [2.24, 2.45) is 13.0 Å². The molecule has 4 rings (SSSR count). The SMILES string of the molecule is COC(=O)C[C@H]1CN(C)[C@@H]2Cc3cn(C)c4cccc(c34)[C@@]2(OC)C1. The van der Waals surface area contributed by atoms with E-state index in [-0.39, 0.29) is 23.5 Å². The van der Waals surface area contributed by atoms with Crippen LogP contribution in [-0.4, -0.2) is 49.3 Å². The molecule has 2 aromatic rings. The minimum Gasteiger partial charge on any atom is -0.469 e. The number of likely N-dealkylation sites (N-methyl/N-ethyl adjacent to an activating group) is 1. The molecule has 0 unspecified atom stereocenters. The fraction of sp³-hybridized carbons (Fsp3) is 0.550. The minimum atomic E-state index is -0.375. The number of fused-ring (bicyclic) bond motifs is 2. The Morgan fingerprint density at radius 1 is 1.32 bits per heavy atom. The van der Waals surface area contributed by atoms with Crippen LogP contribution in [0.1, 0.15) is 24.0 Å². The van der Waals surface area contributed by atoms with E-state index in [0.29, 0.717) is 6.42 Å². The summed E-state index contributed by atoms with van der Waals surface area (Å²) in [6, 6.07) is 6.78. The zero-order chi connectivity index (χ0) is 17.8. The molecule has 1 aliphatic heterocycles. The summed E-state index contributed by atoms with van der Waals surface area (Å²) in [6.45, 7) is 0.892. The number of benzene rings is 1. The number of rotatable bonds is 3. The van der Waals surface area contributed by atoms with Gasteiger partial charge in [-0.2, -0.15) is 0 Å². The second-order valence-corrected chi connectivity index (χ2v) is 7.57. The van der Waals surface area contributed by atoms with Crippen molar-refractivity contribution in [1.82, 2.24) is 9.47 Å². The zero-order valence-corrected chi connectivity index (χ0v) is 15.4. The normalized spacial score (nSPS) is 28.8. The number of carbonyl (C=O) groups is 1. The largest absolute Gasteiger partial charge is 0.469 e. The van der Waals surface area contributed by atoms with Crippen LogP contribution in [-0.2, 0) is 33.3 Å². The van der Waals surface area contributed by atoms with E-state index in [0.717, 1.165) is 19.4 Å². The van der Waals surface area contributed by atoms with Gasteiger partial charge in [0.2, 0.25) is 0 Å². The molecule has 0 spiro atoms. The van der Waals surface area contributed by atoms with E-state index in [2.05, 4.69) is 48.0 Å². The lowest BCUT2D eigenvalue weighted by molar-refractivity contribution is -0.149. The lowest BCUT2D eigenvalue weighted by Gasteiger charge is -2.53. The van der Waals surface area contributed by atoms with Crippen LogP contribution in [0.5, 0.6) is 0 Å². The Morgan fingerprint density at radius 2 is 2.12 bits per heavy atom. The number of aromatic nitrogens is 1. The van der Waals surface area contributed by atoms with Gasteiger partial charge in [-0.1, -0.05) is 12.1 Å². The van der Waals surface area contributed by atoms with E-state index >= 15 is 0 Å². The molecule has 0 bridgehead atoms. The quantitative estimate of drug-likeness (QED) is 0.804. The predicted molar refractivity (Wildman–Crippen MR) is 96.5 cm³/mol. The van der Waals surface area contributed by atoms with Crippen molar-refractivity contribution in [3.63, 3.8) is 0 Å². The van der Waals surface area contributed by atoms with Gasteiger partial charge in [-0.05, 0) is 43.0 Å². The predicted octanol–water partition coefficient (Wildman–Crippen LogP) is 2.46. The van der Waals surface area contributed by atoms with E-state index in [4.69, 9.17) is 9.47 Å². The molecule has 25 heavy (non-hydrogen) atoms. The highest BCUT2D eigenvalue weighted by Crippen LogP contribution is 2.50. The highest BCUT2D eigenvalue weighted by atomic mass is 16.5. The summed E-state index contributed by atoms with van der Waals surface area (Å²) in [4.78, 5) is 14.2. The van der Waals surface area contributed by atoms with Gasteiger partial charge in [0.15, 0.2) is 0 Å². The highest BCUT2D eigenvalue weighted by Gasteiger charge is 2.51. The zero-order valence-electron chi connectivity index (χ0n) is 15.4. The summed E-state index contributed by atoms with van der Waals surface area (Å²) in [5.41, 5.74) is 3.53. The number of ether oxygens (including phenoxy) is 2. The number of nitrogens with zero attached hydrogens (tertiary/aromatic N) is 2. The van der Waals surface area contributed by atoms with E-state index in [1.54, 1.807) is 0 Å². The lowest BCUT2D eigenvalue weighted by Crippen LogP contribution is -2.59. The third-order valence-electron chi connectivity index (χ3n) is 6.22. The van der Waals surface area contributed by atoms with Crippen molar-refractivity contribution in [2.75, 3.05) is 27.8 Å². The molecule has 5 heteroatoms. The number of likely N-dealkylation sites (tertiary alicyclic amines) is 1. The standard InChI is InChI=1S/C20H26N2O3/c1-21-12-14-9-17-20(25-4,15-6-5-7-16(21)19(14)15)10-13(11-22(17)2)8-18(23)24-3/h5-7,12-13,17H,8-11H2,1-4H3/t13-,17-,20+/m1/s1. The Labute approximate surface area is 148 Å². The molecule has 0 amide bonds. The topological polar surface area (TPSA) is 43.7 Å². The summed E-state index contributed by atoms with van der Waals surface area (Å²) < 4.78 is 13.4. The Balaban J connectivity index is 1.84. The Hall–Kier alpha value is -1.85. The molecule has 1 aliphatic carbocycles. The van der Waals surface area contributed by atoms with Gasteiger partial charge >= 0.3 is 5.97 Å². The van der Waals surface area contributed by atoms with Gasteiger partial charge < -0.3 is 14.0 Å². The van der Waals surface area contributed by atoms with Gasteiger partial charge in [0.05, 0.1) is 7.11 Å². The molecule has 1 aromatic carbocycles. The summed E-state index contributed by atoms with van der Waals surface area (Å²) in [6.07, 6.45) is 4.52. The second-order valence-electron chi connectivity index (χ2n) is 7.57. The van der Waals surface area contributed by atoms with Crippen LogP contribution in [0.3, 0.4) is 0 Å². The highest BCUT2D eigenvalue weighted by molar-refractivity contribution is 5.89. The summed E-state index contributed by atoms with van der Waals surface area (Å²) >= 11 is 0. The maximum Gasteiger partial charge on any atom is 0.305 e. The van der Waals surface area contributed by atoms with Crippen LogP contribution >= 0.6 is 0 Å². The summed E-state index contributed by atoms with van der Waals surface area (Å²) in [7, 11) is 7.53. The summed E-state index contributed by atoms with van der Waals surface area (Å²) in [5, 5.41) is 1.33. The maximum atomic E-state index is 11.8. The first kappa shape index (κ1) is 16.6. The van der Waals surface area contributed by atoms with Gasteiger partial charge in [-0.25, -0.2) is 0 Å². The maximum absolute atomic E-state index is 11.8. The first-order valence-corrected chi connectivity index (χ1v) is 8.89. The fourth-order valence-corrected chi connectivity index (χ4v) is 5.17. The number of esters is 1. The first-order valence-electron chi connectivity index (χ1n) is 8.89. The van der Waals surface area contributed by atoms with Gasteiger partial charge in [0.1, 0.15) is 5.60 Å². The smallest absolute Gasteiger partial charge is 0.305 e. The van der Waals surface area contributed by atoms with Crippen LogP contribution in [0.15, 0.2) is 24.4 Å².